The van der Waals surface area contributed by atoms with Gasteiger partial charge in [0.05, 0.1) is 0 Å². The normalized spacial score (nSPS) is 26.2. The molecule has 8 heavy (non-hydrogen) atoms. The van der Waals surface area contributed by atoms with Gasteiger partial charge in [0.25, 0.3) is 0 Å². The van der Waals surface area contributed by atoms with E-state index in [2.05, 4.69) is 15.4 Å². The lowest BCUT2D eigenvalue weighted by Gasteiger charge is -1.94. The van der Waals surface area contributed by atoms with Gasteiger partial charge in [-0.25, -0.2) is 0 Å². The first-order valence-corrected chi connectivity index (χ1v) is 3.58. The third kappa shape index (κ3) is 0.888. The first-order chi connectivity index (χ1) is 3.84. The second-order valence-corrected chi connectivity index (χ2v) is 2.35. The molecule has 1 rings (SSSR count). The Morgan fingerprint density at radius 1 is 1.62 bits per heavy atom. The molecule has 0 aromatic heterocycles. The second kappa shape index (κ2) is 2.26. The van der Waals surface area contributed by atoms with Crippen LogP contribution in [-0.4, -0.2) is 17.3 Å². The molecule has 0 aliphatic carbocycles. The summed E-state index contributed by atoms with van der Waals surface area (Å²) in [6.07, 6.45) is 1.98. The van der Waals surface area contributed by atoms with Crippen LogP contribution in [-0.2, 0) is 0 Å². The Hall–Kier alpha value is -0.380. The minimum Gasteiger partial charge on any atom is -0.159 e. The van der Waals surface area contributed by atoms with Gasteiger partial charge in [0.15, 0.2) is 0 Å². The summed E-state index contributed by atoms with van der Waals surface area (Å²) >= 11 is 1.60. The van der Waals surface area contributed by atoms with Gasteiger partial charge in [-0.05, 0) is 18.4 Å². The monoisotopic (exact) mass is 129 g/mol. The maximum absolute atomic E-state index is 3.79. The molecule has 0 amide bonds. The summed E-state index contributed by atoms with van der Waals surface area (Å²) in [4.78, 5) is 0. The highest BCUT2D eigenvalue weighted by molar-refractivity contribution is 8.13. The van der Waals surface area contributed by atoms with Crippen molar-refractivity contribution in [2.24, 2.45) is 15.4 Å². The molecular weight excluding hydrogens is 122 g/mol. The maximum Gasteiger partial charge on any atom is 0.124 e. The van der Waals surface area contributed by atoms with Crippen molar-refractivity contribution >= 4 is 16.8 Å². The van der Waals surface area contributed by atoms with Gasteiger partial charge in [0.1, 0.15) is 11.1 Å². The largest absolute Gasteiger partial charge is 0.159 e. The Labute approximate surface area is 52.3 Å². The zero-order valence-electron chi connectivity index (χ0n) is 4.83. The van der Waals surface area contributed by atoms with Crippen LogP contribution >= 0.6 is 11.8 Å². The highest BCUT2D eigenvalue weighted by Gasteiger charge is 2.11. The van der Waals surface area contributed by atoms with Crippen LogP contribution in [0.5, 0.6) is 0 Å². The molecule has 0 saturated carbocycles. The zero-order valence-corrected chi connectivity index (χ0v) is 5.64. The van der Waals surface area contributed by atoms with E-state index in [1.807, 2.05) is 13.2 Å². The molecule has 0 spiro atoms. The second-order valence-electron chi connectivity index (χ2n) is 1.52. The van der Waals surface area contributed by atoms with Crippen LogP contribution in [0.2, 0.25) is 0 Å². The Morgan fingerprint density at radius 2 is 2.38 bits per heavy atom. The predicted molar refractivity (Wildman–Crippen MR) is 35.3 cm³/mol. The molecule has 0 aromatic rings. The van der Waals surface area contributed by atoms with E-state index in [-0.39, 0.29) is 6.04 Å². The number of hydrogen-bond donors (Lipinski definition) is 0. The number of rotatable bonds is 0. The lowest BCUT2D eigenvalue weighted by molar-refractivity contribution is 0.916. The summed E-state index contributed by atoms with van der Waals surface area (Å²) in [6, 6.07) is 0.199. The van der Waals surface area contributed by atoms with Gasteiger partial charge in [0.2, 0.25) is 0 Å². The summed E-state index contributed by atoms with van der Waals surface area (Å²) in [7, 11) is 0. The molecule has 1 aliphatic rings. The SMILES string of the molecule is CSC1=NN=N[C@@H]1C. The summed E-state index contributed by atoms with van der Waals surface area (Å²) in [6.45, 7) is 1.98. The Kier molecular flexibility index (Phi) is 1.62. The molecular formula is C4H7N3S. The van der Waals surface area contributed by atoms with Crippen molar-refractivity contribution in [3.05, 3.63) is 0 Å². The molecule has 1 aliphatic heterocycles. The number of thioether (sulfide) groups is 1. The van der Waals surface area contributed by atoms with E-state index in [1.165, 1.54) is 0 Å². The van der Waals surface area contributed by atoms with Gasteiger partial charge < -0.3 is 0 Å². The van der Waals surface area contributed by atoms with E-state index in [1.54, 1.807) is 11.8 Å². The fourth-order valence-electron chi connectivity index (χ4n) is 0.492. The number of nitrogens with zero attached hydrogens (tertiary/aromatic N) is 3. The molecule has 0 unspecified atom stereocenters. The van der Waals surface area contributed by atoms with Gasteiger partial charge in [-0.15, -0.1) is 16.9 Å². The van der Waals surface area contributed by atoms with Crippen LogP contribution in [0.25, 0.3) is 0 Å². The van der Waals surface area contributed by atoms with E-state index >= 15 is 0 Å². The van der Waals surface area contributed by atoms with Crippen LogP contribution in [0, 0.1) is 0 Å². The molecule has 1 heterocycles. The topological polar surface area (TPSA) is 37.1 Å². The van der Waals surface area contributed by atoms with Gasteiger partial charge in [0, 0.05) is 0 Å². The standard InChI is InChI=1S/C4H7N3S/c1-3-4(8-2)6-7-5-3/h3H,1-2H3/t3-/m1/s1. The highest BCUT2D eigenvalue weighted by atomic mass is 32.2. The van der Waals surface area contributed by atoms with Crippen molar-refractivity contribution in [3.63, 3.8) is 0 Å². The van der Waals surface area contributed by atoms with E-state index in [0.717, 1.165) is 5.04 Å². The lowest BCUT2D eigenvalue weighted by Crippen LogP contribution is -2.04. The van der Waals surface area contributed by atoms with Crippen molar-refractivity contribution < 1.29 is 0 Å². The fraction of sp³-hybridized carbons (Fsp3) is 0.750. The molecule has 0 N–H and O–H groups in total. The van der Waals surface area contributed by atoms with E-state index in [0.29, 0.717) is 0 Å². The van der Waals surface area contributed by atoms with Crippen molar-refractivity contribution in [1.82, 2.24) is 0 Å². The molecule has 0 aromatic carbocycles. The molecule has 0 saturated heterocycles. The molecule has 1 atom stereocenters. The maximum atomic E-state index is 3.79. The summed E-state index contributed by atoms with van der Waals surface area (Å²) in [5.74, 6) is 0. The minimum absolute atomic E-state index is 0.199. The first kappa shape index (κ1) is 5.75. The first-order valence-electron chi connectivity index (χ1n) is 2.36. The van der Waals surface area contributed by atoms with Crippen molar-refractivity contribution in [2.45, 2.75) is 13.0 Å². The summed E-state index contributed by atoms with van der Waals surface area (Å²) < 4.78 is 0. The molecule has 0 bridgehead atoms. The summed E-state index contributed by atoms with van der Waals surface area (Å²) in [5, 5.41) is 12.1. The third-order valence-corrected chi connectivity index (χ3v) is 1.78. The van der Waals surface area contributed by atoms with Crippen molar-refractivity contribution in [2.75, 3.05) is 6.26 Å². The predicted octanol–water partition coefficient (Wildman–Crippen LogP) is 1.52. The average molecular weight is 129 g/mol. The van der Waals surface area contributed by atoms with Gasteiger partial charge in [-0.1, -0.05) is 0 Å². The van der Waals surface area contributed by atoms with Crippen molar-refractivity contribution in [1.29, 1.82) is 0 Å². The zero-order chi connectivity index (χ0) is 5.98. The van der Waals surface area contributed by atoms with E-state index in [4.69, 9.17) is 0 Å². The quantitative estimate of drug-likeness (QED) is 0.488. The Bertz CT molecular complexity index is 140. The van der Waals surface area contributed by atoms with Gasteiger partial charge >= 0.3 is 0 Å². The molecule has 4 heteroatoms. The van der Waals surface area contributed by atoms with Crippen LogP contribution in [0.1, 0.15) is 6.92 Å². The van der Waals surface area contributed by atoms with Crippen molar-refractivity contribution in [3.8, 4) is 0 Å². The molecule has 3 nitrogen and oxygen atoms in total. The fourth-order valence-corrected chi connectivity index (χ4v) is 0.998. The van der Waals surface area contributed by atoms with Crippen LogP contribution in [0.3, 0.4) is 0 Å². The van der Waals surface area contributed by atoms with E-state index < -0.39 is 0 Å². The Morgan fingerprint density at radius 3 is 2.62 bits per heavy atom. The third-order valence-electron chi connectivity index (χ3n) is 0.935. The average Bonchev–Trinajstić information content (AvgIpc) is 2.14. The molecule has 0 radical (unpaired) electrons. The molecule has 0 fully saturated rings. The highest BCUT2D eigenvalue weighted by Crippen LogP contribution is 2.12. The van der Waals surface area contributed by atoms with Crippen LogP contribution < -0.4 is 0 Å². The van der Waals surface area contributed by atoms with Gasteiger partial charge in [-0.3, -0.25) is 0 Å². The number of hydrogen-bond acceptors (Lipinski definition) is 4. The Balaban J connectivity index is 2.59. The lowest BCUT2D eigenvalue weighted by atomic mass is 10.4. The molecule has 44 valence electrons. The summed E-state index contributed by atoms with van der Waals surface area (Å²) in [5.41, 5.74) is 0. The smallest absolute Gasteiger partial charge is 0.124 e. The minimum atomic E-state index is 0.199. The van der Waals surface area contributed by atoms with Crippen LogP contribution in [0.4, 0.5) is 0 Å². The van der Waals surface area contributed by atoms with E-state index in [9.17, 15) is 0 Å². The van der Waals surface area contributed by atoms with Gasteiger partial charge in [-0.2, -0.15) is 5.11 Å². The van der Waals surface area contributed by atoms with Crippen LogP contribution in [0.15, 0.2) is 15.4 Å².